The van der Waals surface area contributed by atoms with Crippen molar-refractivity contribution < 1.29 is 9.90 Å². The van der Waals surface area contributed by atoms with E-state index in [0.29, 0.717) is 11.7 Å². The largest absolute Gasteiger partial charge is 0.477 e. The highest BCUT2D eigenvalue weighted by molar-refractivity contribution is 7.11. The smallest absolute Gasteiger partial charge is 0.352 e. The maximum absolute atomic E-state index is 11.2. The molecule has 112 valence electrons. The summed E-state index contributed by atoms with van der Waals surface area (Å²) in [6.07, 6.45) is 3.92. The van der Waals surface area contributed by atoms with Crippen LogP contribution in [0, 0.1) is 6.92 Å². The Hall–Kier alpha value is -1.59. The molecule has 0 aromatic carbocycles. The van der Waals surface area contributed by atoms with Crippen molar-refractivity contribution in [1.82, 2.24) is 9.47 Å². The SMILES string of the molecule is Cc1ccc(CN2CCC(n3cccc3C(=O)O)CC2)s1. The van der Waals surface area contributed by atoms with Crippen molar-refractivity contribution in [2.45, 2.75) is 32.4 Å². The van der Waals surface area contributed by atoms with Crippen LogP contribution in [0.25, 0.3) is 0 Å². The van der Waals surface area contributed by atoms with Gasteiger partial charge in [-0.25, -0.2) is 4.79 Å². The third kappa shape index (κ3) is 3.19. The molecule has 2 aromatic heterocycles. The molecule has 0 aliphatic carbocycles. The monoisotopic (exact) mass is 304 g/mol. The van der Waals surface area contributed by atoms with E-state index >= 15 is 0 Å². The van der Waals surface area contributed by atoms with E-state index in [1.807, 2.05) is 28.2 Å². The minimum atomic E-state index is -0.837. The number of carbonyl (C=O) groups is 1. The molecule has 2 aromatic rings. The molecule has 3 rings (SSSR count). The number of hydrogen-bond donors (Lipinski definition) is 1. The third-order valence-electron chi connectivity index (χ3n) is 4.12. The van der Waals surface area contributed by atoms with Gasteiger partial charge in [0, 0.05) is 41.6 Å². The quantitative estimate of drug-likeness (QED) is 0.941. The van der Waals surface area contributed by atoms with Crippen molar-refractivity contribution in [3.05, 3.63) is 45.9 Å². The van der Waals surface area contributed by atoms with Crippen LogP contribution < -0.4 is 0 Å². The molecule has 0 bridgehead atoms. The standard InChI is InChI=1S/C16H20N2O2S/c1-12-4-5-14(21-12)11-17-9-6-13(7-10-17)18-8-2-3-15(18)16(19)20/h2-5,8,13H,6-7,9-11H2,1H3,(H,19,20). The third-order valence-corrected chi connectivity index (χ3v) is 5.11. The lowest BCUT2D eigenvalue weighted by molar-refractivity contribution is 0.0678. The number of piperidine rings is 1. The summed E-state index contributed by atoms with van der Waals surface area (Å²) < 4.78 is 1.93. The van der Waals surface area contributed by atoms with E-state index in [4.69, 9.17) is 0 Å². The Morgan fingerprint density at radius 1 is 1.33 bits per heavy atom. The highest BCUT2D eigenvalue weighted by Gasteiger charge is 2.23. The Balaban J connectivity index is 1.60. The van der Waals surface area contributed by atoms with Crippen LogP contribution in [0.4, 0.5) is 0 Å². The van der Waals surface area contributed by atoms with Gasteiger partial charge in [-0.2, -0.15) is 0 Å². The molecule has 0 radical (unpaired) electrons. The van der Waals surface area contributed by atoms with Crippen LogP contribution in [-0.4, -0.2) is 33.6 Å². The second-order valence-electron chi connectivity index (χ2n) is 5.63. The van der Waals surface area contributed by atoms with Crippen molar-refractivity contribution in [2.24, 2.45) is 0 Å². The fourth-order valence-corrected chi connectivity index (χ4v) is 3.97. The molecule has 5 heteroatoms. The maximum atomic E-state index is 11.2. The molecule has 0 unspecified atom stereocenters. The second kappa shape index (κ2) is 6.03. The maximum Gasteiger partial charge on any atom is 0.352 e. The Kier molecular flexibility index (Phi) is 4.12. The number of nitrogens with zero attached hydrogens (tertiary/aromatic N) is 2. The zero-order valence-electron chi connectivity index (χ0n) is 12.2. The minimum Gasteiger partial charge on any atom is -0.477 e. The van der Waals surface area contributed by atoms with Gasteiger partial charge in [-0.1, -0.05) is 0 Å². The lowest BCUT2D eigenvalue weighted by Gasteiger charge is -2.33. The molecule has 1 aliphatic heterocycles. The normalized spacial score (nSPS) is 17.2. The van der Waals surface area contributed by atoms with E-state index in [0.717, 1.165) is 32.5 Å². The Bertz CT molecular complexity index is 624. The fourth-order valence-electron chi connectivity index (χ4n) is 3.04. The number of aryl methyl sites for hydroxylation is 1. The van der Waals surface area contributed by atoms with Gasteiger partial charge in [0.05, 0.1) is 0 Å². The summed E-state index contributed by atoms with van der Waals surface area (Å²) in [7, 11) is 0. The summed E-state index contributed by atoms with van der Waals surface area (Å²) in [6.45, 7) is 5.21. The van der Waals surface area contributed by atoms with Gasteiger partial charge in [-0.3, -0.25) is 4.90 Å². The zero-order chi connectivity index (χ0) is 14.8. The molecule has 0 saturated carbocycles. The number of aromatic carboxylic acids is 1. The number of carboxylic acid groups (broad SMARTS) is 1. The van der Waals surface area contributed by atoms with Crippen LogP contribution in [0.5, 0.6) is 0 Å². The molecule has 1 aliphatic rings. The zero-order valence-corrected chi connectivity index (χ0v) is 13.0. The molecular weight excluding hydrogens is 284 g/mol. The summed E-state index contributed by atoms with van der Waals surface area (Å²) in [5.41, 5.74) is 0.405. The molecule has 0 spiro atoms. The van der Waals surface area contributed by atoms with Crippen LogP contribution in [0.1, 0.15) is 39.1 Å². The summed E-state index contributed by atoms with van der Waals surface area (Å²) in [6, 6.07) is 8.20. The first-order valence-electron chi connectivity index (χ1n) is 7.31. The van der Waals surface area contributed by atoms with Gasteiger partial charge in [0.15, 0.2) is 0 Å². The van der Waals surface area contributed by atoms with E-state index in [2.05, 4.69) is 24.0 Å². The number of carboxylic acids is 1. The van der Waals surface area contributed by atoms with E-state index < -0.39 is 5.97 Å². The van der Waals surface area contributed by atoms with E-state index in [9.17, 15) is 9.90 Å². The van der Waals surface area contributed by atoms with Crippen LogP contribution in [0.3, 0.4) is 0 Å². The summed E-state index contributed by atoms with van der Waals surface area (Å²) in [5, 5.41) is 9.20. The van der Waals surface area contributed by atoms with Crippen molar-refractivity contribution in [3.8, 4) is 0 Å². The topological polar surface area (TPSA) is 45.5 Å². The van der Waals surface area contributed by atoms with Gasteiger partial charge in [0.2, 0.25) is 0 Å². The van der Waals surface area contributed by atoms with Gasteiger partial charge in [0.1, 0.15) is 5.69 Å². The number of hydrogen-bond acceptors (Lipinski definition) is 3. The lowest BCUT2D eigenvalue weighted by Crippen LogP contribution is -2.34. The lowest BCUT2D eigenvalue weighted by atomic mass is 10.0. The Labute approximate surface area is 128 Å². The molecule has 3 heterocycles. The summed E-state index contributed by atoms with van der Waals surface area (Å²) >= 11 is 1.86. The van der Waals surface area contributed by atoms with Crippen molar-refractivity contribution in [2.75, 3.05) is 13.1 Å². The first-order chi connectivity index (χ1) is 10.1. The molecule has 1 N–H and O–H groups in total. The molecule has 1 fully saturated rings. The number of rotatable bonds is 4. The van der Waals surface area contributed by atoms with Crippen LogP contribution in [0.15, 0.2) is 30.5 Å². The first kappa shape index (κ1) is 14.4. The predicted octanol–water partition coefficient (Wildman–Crippen LogP) is 3.39. The highest BCUT2D eigenvalue weighted by atomic mass is 32.1. The molecule has 0 atom stereocenters. The average Bonchev–Trinajstić information content (AvgIpc) is 3.09. The summed E-state index contributed by atoms with van der Waals surface area (Å²) in [4.78, 5) is 16.4. The van der Waals surface area contributed by atoms with Gasteiger partial charge < -0.3 is 9.67 Å². The summed E-state index contributed by atoms with van der Waals surface area (Å²) in [5.74, 6) is -0.837. The molecule has 0 amide bonds. The van der Waals surface area contributed by atoms with E-state index in [1.165, 1.54) is 9.75 Å². The molecule has 1 saturated heterocycles. The minimum absolute atomic E-state index is 0.312. The highest BCUT2D eigenvalue weighted by Crippen LogP contribution is 2.26. The number of thiophene rings is 1. The molecular formula is C16H20N2O2S. The van der Waals surface area contributed by atoms with Crippen molar-refractivity contribution in [1.29, 1.82) is 0 Å². The van der Waals surface area contributed by atoms with Crippen molar-refractivity contribution in [3.63, 3.8) is 0 Å². The van der Waals surface area contributed by atoms with Crippen LogP contribution >= 0.6 is 11.3 Å². The number of aromatic nitrogens is 1. The molecule has 21 heavy (non-hydrogen) atoms. The van der Waals surface area contributed by atoms with Gasteiger partial charge >= 0.3 is 5.97 Å². The van der Waals surface area contributed by atoms with Crippen molar-refractivity contribution >= 4 is 17.3 Å². The Morgan fingerprint density at radius 2 is 2.10 bits per heavy atom. The van der Waals surface area contributed by atoms with Gasteiger partial charge in [-0.05, 0) is 44.0 Å². The predicted molar refractivity (Wildman–Crippen MR) is 84.0 cm³/mol. The average molecular weight is 304 g/mol. The van der Waals surface area contributed by atoms with Gasteiger partial charge in [0.25, 0.3) is 0 Å². The van der Waals surface area contributed by atoms with Crippen LogP contribution in [0.2, 0.25) is 0 Å². The fraction of sp³-hybridized carbons (Fsp3) is 0.438. The van der Waals surface area contributed by atoms with E-state index in [-0.39, 0.29) is 0 Å². The second-order valence-corrected chi connectivity index (χ2v) is 7.00. The first-order valence-corrected chi connectivity index (χ1v) is 8.13. The van der Waals surface area contributed by atoms with Gasteiger partial charge in [-0.15, -0.1) is 11.3 Å². The Morgan fingerprint density at radius 3 is 2.71 bits per heavy atom. The van der Waals surface area contributed by atoms with E-state index in [1.54, 1.807) is 6.07 Å². The molecule has 4 nitrogen and oxygen atoms in total. The number of likely N-dealkylation sites (tertiary alicyclic amines) is 1. The van der Waals surface area contributed by atoms with Crippen LogP contribution in [-0.2, 0) is 6.54 Å².